The molecule has 1 saturated carbocycles. The molecule has 0 unspecified atom stereocenters. The molecule has 0 radical (unpaired) electrons. The number of fused-ring (bicyclic) bond motifs is 2. The number of aromatic hydroxyl groups is 1. The van der Waals surface area contributed by atoms with Crippen molar-refractivity contribution in [2.75, 3.05) is 29.9 Å². The highest BCUT2D eigenvalue weighted by Crippen LogP contribution is 2.44. The van der Waals surface area contributed by atoms with Gasteiger partial charge in [0.05, 0.1) is 34.3 Å². The Kier molecular flexibility index (Phi) is 3.97. The molecule has 31 heavy (non-hydrogen) atoms. The van der Waals surface area contributed by atoms with Gasteiger partial charge in [-0.05, 0) is 43.2 Å². The van der Waals surface area contributed by atoms with E-state index in [1.54, 1.807) is 36.5 Å². The van der Waals surface area contributed by atoms with Crippen molar-refractivity contribution >= 4 is 39.0 Å². The second kappa shape index (κ2) is 6.75. The lowest BCUT2D eigenvalue weighted by molar-refractivity contribution is 0.0206. The van der Waals surface area contributed by atoms with Crippen molar-refractivity contribution < 1.29 is 14.2 Å². The van der Waals surface area contributed by atoms with E-state index in [1.807, 2.05) is 6.07 Å². The summed E-state index contributed by atoms with van der Waals surface area (Å²) in [7, 11) is 0. The highest BCUT2D eigenvalue weighted by molar-refractivity contribution is 5.98. The van der Waals surface area contributed by atoms with Crippen LogP contribution in [0.5, 0.6) is 5.75 Å². The van der Waals surface area contributed by atoms with Gasteiger partial charge in [-0.1, -0.05) is 0 Å². The summed E-state index contributed by atoms with van der Waals surface area (Å²) in [5, 5.41) is 14.7. The van der Waals surface area contributed by atoms with Crippen molar-refractivity contribution in [3.05, 3.63) is 54.7 Å². The Balaban J connectivity index is 1.39. The number of phenolic OH excluding ortho intramolecular Hbond substituents is 1. The lowest BCUT2D eigenvalue weighted by Gasteiger charge is -2.35. The number of pyridine rings is 1. The lowest BCUT2D eigenvalue weighted by atomic mass is 10.1. The molecule has 1 aliphatic carbocycles. The highest BCUT2D eigenvalue weighted by atomic mass is 19.1. The molecule has 0 bridgehead atoms. The zero-order valence-corrected chi connectivity index (χ0v) is 16.7. The first-order valence-electron chi connectivity index (χ1n) is 10.3. The quantitative estimate of drug-likeness (QED) is 0.518. The number of anilines is 3. The molecule has 1 aliphatic heterocycles. The van der Waals surface area contributed by atoms with Crippen molar-refractivity contribution in [2.45, 2.75) is 18.4 Å². The molecule has 1 spiro atoms. The molecular weight excluding hydrogens is 397 g/mol. The standard InChI is InChI=1S/C23H20FN5O2/c24-21-15-2-1-7-25-16(15)3-4-17(21)28-22-20-18(26-13-27-22)10-14(11-19(20)30)29-8-9-31-23(12-29)5-6-23/h1-4,7,10-11,13,30H,5-6,8-9,12H2,(H,26,27,28). The van der Waals surface area contributed by atoms with E-state index in [0.717, 1.165) is 31.6 Å². The lowest BCUT2D eigenvalue weighted by Crippen LogP contribution is -2.43. The molecule has 4 aromatic rings. The van der Waals surface area contributed by atoms with Crippen molar-refractivity contribution in [1.82, 2.24) is 15.0 Å². The molecule has 3 heterocycles. The molecule has 156 valence electrons. The number of nitrogens with zero attached hydrogens (tertiary/aromatic N) is 4. The number of ether oxygens (including phenoxy) is 1. The molecule has 2 fully saturated rings. The maximum atomic E-state index is 15.0. The average Bonchev–Trinajstić information content (AvgIpc) is 3.53. The second-order valence-electron chi connectivity index (χ2n) is 8.16. The van der Waals surface area contributed by atoms with Crippen LogP contribution < -0.4 is 10.2 Å². The van der Waals surface area contributed by atoms with Crippen LogP contribution in [0.25, 0.3) is 21.8 Å². The van der Waals surface area contributed by atoms with Crippen LogP contribution in [-0.2, 0) is 4.74 Å². The molecule has 2 N–H and O–H groups in total. The van der Waals surface area contributed by atoms with Gasteiger partial charge in [0.15, 0.2) is 5.82 Å². The number of benzene rings is 2. The van der Waals surface area contributed by atoms with Gasteiger partial charge in [-0.25, -0.2) is 14.4 Å². The van der Waals surface area contributed by atoms with E-state index >= 15 is 4.39 Å². The Bertz CT molecular complexity index is 1320. The van der Waals surface area contributed by atoms with Crippen LogP contribution in [-0.4, -0.2) is 45.4 Å². The Morgan fingerprint density at radius 1 is 1.10 bits per heavy atom. The van der Waals surface area contributed by atoms with E-state index in [2.05, 4.69) is 25.2 Å². The van der Waals surface area contributed by atoms with E-state index in [9.17, 15) is 5.11 Å². The summed E-state index contributed by atoms with van der Waals surface area (Å²) in [6, 6.07) is 10.4. The first-order chi connectivity index (χ1) is 15.1. The number of phenols is 1. The van der Waals surface area contributed by atoms with E-state index in [4.69, 9.17) is 4.74 Å². The van der Waals surface area contributed by atoms with Crippen molar-refractivity contribution in [2.24, 2.45) is 0 Å². The Morgan fingerprint density at radius 3 is 2.87 bits per heavy atom. The van der Waals surface area contributed by atoms with Gasteiger partial charge in [-0.3, -0.25) is 4.98 Å². The fourth-order valence-corrected chi connectivity index (χ4v) is 4.28. The van der Waals surface area contributed by atoms with Crippen molar-refractivity contribution in [3.8, 4) is 5.75 Å². The molecule has 7 nitrogen and oxygen atoms in total. The number of aromatic nitrogens is 3. The minimum absolute atomic E-state index is 0.0241. The summed E-state index contributed by atoms with van der Waals surface area (Å²) in [5.41, 5.74) is 2.29. The minimum Gasteiger partial charge on any atom is -0.507 e. The van der Waals surface area contributed by atoms with Crippen LogP contribution in [0.3, 0.4) is 0 Å². The summed E-state index contributed by atoms with van der Waals surface area (Å²) in [4.78, 5) is 15.0. The van der Waals surface area contributed by atoms with Crippen LogP contribution in [0, 0.1) is 5.82 Å². The zero-order chi connectivity index (χ0) is 21.0. The topological polar surface area (TPSA) is 83.4 Å². The summed E-state index contributed by atoms with van der Waals surface area (Å²) < 4.78 is 20.9. The van der Waals surface area contributed by atoms with Crippen LogP contribution in [0.15, 0.2) is 48.9 Å². The average molecular weight is 417 g/mol. The van der Waals surface area contributed by atoms with Gasteiger partial charge in [0.1, 0.15) is 17.9 Å². The van der Waals surface area contributed by atoms with Gasteiger partial charge >= 0.3 is 0 Å². The molecule has 0 amide bonds. The van der Waals surface area contributed by atoms with E-state index < -0.39 is 5.82 Å². The maximum absolute atomic E-state index is 15.0. The SMILES string of the molecule is Oc1cc(N2CCOC3(CC3)C2)cc2ncnc(Nc3ccc4ncccc4c3F)c12. The monoisotopic (exact) mass is 417 g/mol. The van der Waals surface area contributed by atoms with Gasteiger partial charge < -0.3 is 20.1 Å². The van der Waals surface area contributed by atoms with Crippen molar-refractivity contribution in [3.63, 3.8) is 0 Å². The maximum Gasteiger partial charge on any atom is 0.156 e. The molecule has 0 atom stereocenters. The van der Waals surface area contributed by atoms with Gasteiger partial charge in [-0.15, -0.1) is 0 Å². The minimum atomic E-state index is -0.420. The Hall–Kier alpha value is -3.52. The molecule has 8 heteroatoms. The number of morpholine rings is 1. The van der Waals surface area contributed by atoms with Crippen LogP contribution >= 0.6 is 0 Å². The van der Waals surface area contributed by atoms with E-state index in [1.165, 1.54) is 6.33 Å². The van der Waals surface area contributed by atoms with Gasteiger partial charge in [-0.2, -0.15) is 0 Å². The van der Waals surface area contributed by atoms with Gasteiger partial charge in [0, 0.05) is 36.4 Å². The predicted molar refractivity (Wildman–Crippen MR) is 116 cm³/mol. The highest BCUT2D eigenvalue weighted by Gasteiger charge is 2.47. The zero-order valence-electron chi connectivity index (χ0n) is 16.7. The van der Waals surface area contributed by atoms with Crippen LogP contribution in [0.2, 0.25) is 0 Å². The first kappa shape index (κ1) is 18.3. The number of nitrogens with one attached hydrogen (secondary N) is 1. The number of halogens is 1. The smallest absolute Gasteiger partial charge is 0.156 e. The second-order valence-corrected chi connectivity index (χ2v) is 8.16. The van der Waals surface area contributed by atoms with E-state index in [-0.39, 0.29) is 17.0 Å². The molecular formula is C23H20FN5O2. The molecule has 1 saturated heterocycles. The molecule has 2 aromatic heterocycles. The number of hydrogen-bond donors (Lipinski definition) is 2. The van der Waals surface area contributed by atoms with Gasteiger partial charge in [0.2, 0.25) is 0 Å². The summed E-state index contributed by atoms with van der Waals surface area (Å²) in [6.45, 7) is 2.25. The molecule has 2 aromatic carbocycles. The summed E-state index contributed by atoms with van der Waals surface area (Å²) >= 11 is 0. The largest absolute Gasteiger partial charge is 0.507 e. The third-order valence-electron chi connectivity index (χ3n) is 6.10. The third kappa shape index (κ3) is 3.11. The molecule has 6 rings (SSSR count). The van der Waals surface area contributed by atoms with Crippen LogP contribution in [0.1, 0.15) is 12.8 Å². The van der Waals surface area contributed by atoms with Crippen LogP contribution in [0.4, 0.5) is 21.6 Å². The number of hydrogen-bond acceptors (Lipinski definition) is 7. The fraction of sp³-hybridized carbons (Fsp3) is 0.261. The Labute approximate surface area is 177 Å². The Morgan fingerprint density at radius 2 is 2.00 bits per heavy atom. The van der Waals surface area contributed by atoms with Gasteiger partial charge in [0.25, 0.3) is 0 Å². The third-order valence-corrected chi connectivity index (χ3v) is 6.10. The predicted octanol–water partition coefficient (Wildman–Crippen LogP) is 4.14. The normalized spacial score (nSPS) is 17.4. The summed E-state index contributed by atoms with van der Waals surface area (Å²) in [6.07, 6.45) is 5.19. The van der Waals surface area contributed by atoms with E-state index in [0.29, 0.717) is 34.2 Å². The molecule has 2 aliphatic rings. The fourth-order valence-electron chi connectivity index (χ4n) is 4.28. The van der Waals surface area contributed by atoms with Crippen molar-refractivity contribution in [1.29, 1.82) is 0 Å². The first-order valence-corrected chi connectivity index (χ1v) is 10.3. The number of rotatable bonds is 3. The summed E-state index contributed by atoms with van der Waals surface area (Å²) in [5.74, 6) is -0.0249.